The molecule has 0 spiro atoms. The fraction of sp³-hybridized carbons (Fsp3) is 0.533. The fourth-order valence-electron chi connectivity index (χ4n) is 2.42. The van der Waals surface area contributed by atoms with Crippen molar-refractivity contribution in [2.24, 2.45) is 16.9 Å². The molecule has 5 nitrogen and oxygen atoms in total. The molecule has 1 amide bonds. The summed E-state index contributed by atoms with van der Waals surface area (Å²) in [5.41, 5.74) is 12.1. The number of carbonyl (C=O) groups is 1. The van der Waals surface area contributed by atoms with Gasteiger partial charge in [0.25, 0.3) is 0 Å². The second-order valence-corrected chi connectivity index (χ2v) is 6.70. The molecule has 0 aromatic heterocycles. The van der Waals surface area contributed by atoms with E-state index in [1.807, 2.05) is 26.0 Å². The predicted octanol–water partition coefficient (Wildman–Crippen LogP) is 2.76. The summed E-state index contributed by atoms with van der Waals surface area (Å²) < 4.78 is 11.5. The molecule has 0 fully saturated rings. The maximum absolute atomic E-state index is 11.1. The number of hydrogen-bond acceptors (Lipinski definition) is 4. The maximum atomic E-state index is 11.1. The molecule has 0 aliphatic carbocycles. The lowest BCUT2D eigenvalue weighted by atomic mass is 9.80. The number of nitrogens with two attached hydrogens (primary N) is 2. The molecule has 1 rings (SSSR count). The molecule has 0 aliphatic heterocycles. The van der Waals surface area contributed by atoms with Gasteiger partial charge in [0.2, 0.25) is 5.91 Å². The van der Waals surface area contributed by atoms with Crippen molar-refractivity contribution in [1.29, 1.82) is 0 Å². The first-order valence-electron chi connectivity index (χ1n) is 6.65. The van der Waals surface area contributed by atoms with Crippen molar-refractivity contribution in [3.8, 4) is 11.5 Å². The summed E-state index contributed by atoms with van der Waals surface area (Å²) >= 11 is 3.42. The van der Waals surface area contributed by atoms with Gasteiger partial charge in [-0.3, -0.25) is 4.79 Å². The van der Waals surface area contributed by atoms with Gasteiger partial charge in [-0.1, -0.05) is 13.8 Å². The van der Waals surface area contributed by atoms with Crippen molar-refractivity contribution in [2.75, 3.05) is 14.2 Å². The van der Waals surface area contributed by atoms with Gasteiger partial charge in [-0.05, 0) is 39.9 Å². The molecule has 0 heterocycles. The Hall–Kier alpha value is -1.27. The second-order valence-electron chi connectivity index (χ2n) is 5.85. The zero-order valence-corrected chi connectivity index (χ0v) is 14.5. The van der Waals surface area contributed by atoms with Crippen LogP contribution in [0.2, 0.25) is 0 Å². The van der Waals surface area contributed by atoms with E-state index in [2.05, 4.69) is 15.9 Å². The van der Waals surface area contributed by atoms with Crippen LogP contribution >= 0.6 is 15.9 Å². The van der Waals surface area contributed by atoms with Crippen LogP contribution in [0.5, 0.6) is 11.5 Å². The zero-order chi connectivity index (χ0) is 16.2. The first-order chi connectivity index (χ1) is 9.70. The molecule has 1 aromatic rings. The average molecular weight is 359 g/mol. The highest BCUT2D eigenvalue weighted by atomic mass is 79.9. The maximum Gasteiger partial charge on any atom is 0.217 e. The summed E-state index contributed by atoms with van der Waals surface area (Å²) in [6.45, 7) is 3.94. The Morgan fingerprint density at radius 2 is 1.86 bits per heavy atom. The molecule has 118 valence electrons. The van der Waals surface area contributed by atoms with Crippen molar-refractivity contribution in [2.45, 2.75) is 32.7 Å². The number of primary amides is 1. The highest BCUT2D eigenvalue weighted by Crippen LogP contribution is 2.39. The van der Waals surface area contributed by atoms with Gasteiger partial charge in [0.05, 0.1) is 18.7 Å². The number of halogens is 1. The van der Waals surface area contributed by atoms with Crippen molar-refractivity contribution in [3.05, 3.63) is 22.2 Å². The number of amides is 1. The highest BCUT2D eigenvalue weighted by molar-refractivity contribution is 9.10. The zero-order valence-electron chi connectivity index (χ0n) is 12.9. The van der Waals surface area contributed by atoms with Gasteiger partial charge >= 0.3 is 0 Å². The Morgan fingerprint density at radius 1 is 1.29 bits per heavy atom. The van der Waals surface area contributed by atoms with Crippen LogP contribution in [0.3, 0.4) is 0 Å². The fourth-order valence-corrected chi connectivity index (χ4v) is 2.91. The molecule has 0 bridgehead atoms. The van der Waals surface area contributed by atoms with Crippen LogP contribution in [-0.2, 0) is 4.79 Å². The van der Waals surface area contributed by atoms with Gasteiger partial charge in [-0.2, -0.15) is 0 Å². The smallest absolute Gasteiger partial charge is 0.217 e. The lowest BCUT2D eigenvalue weighted by molar-refractivity contribution is -0.120. The van der Waals surface area contributed by atoms with Crippen molar-refractivity contribution in [1.82, 2.24) is 0 Å². The summed E-state index contributed by atoms with van der Waals surface area (Å²) in [7, 11) is 3.19. The number of benzene rings is 1. The van der Waals surface area contributed by atoms with E-state index < -0.39 is 0 Å². The Kier molecular flexibility index (Phi) is 6.04. The summed E-state index contributed by atoms with van der Waals surface area (Å²) in [5.74, 6) is 1.05. The third-order valence-electron chi connectivity index (χ3n) is 3.33. The molecular formula is C15H23BrN2O3. The molecule has 0 saturated heterocycles. The van der Waals surface area contributed by atoms with Crippen LogP contribution < -0.4 is 20.9 Å². The van der Waals surface area contributed by atoms with Crippen LogP contribution in [0.25, 0.3) is 0 Å². The standard InChI is InChI=1S/C15H23BrN2O3/c1-15(2,8-14(18)19)7-11(17)9-5-13(21-4)10(16)6-12(9)20-3/h5-6,11H,7-8,17H2,1-4H3,(H2,18,19). The SMILES string of the molecule is COc1cc(C(N)CC(C)(C)CC(N)=O)c(OC)cc1Br. The van der Waals surface area contributed by atoms with E-state index in [9.17, 15) is 4.79 Å². The van der Waals surface area contributed by atoms with Gasteiger partial charge in [-0.15, -0.1) is 0 Å². The Balaban J connectivity index is 3.05. The number of carbonyl (C=O) groups excluding carboxylic acids is 1. The molecule has 0 radical (unpaired) electrons. The molecule has 1 atom stereocenters. The van der Waals surface area contributed by atoms with Gasteiger partial charge in [-0.25, -0.2) is 0 Å². The van der Waals surface area contributed by atoms with Crippen LogP contribution in [0.1, 0.15) is 38.3 Å². The Morgan fingerprint density at radius 3 is 2.33 bits per heavy atom. The van der Waals surface area contributed by atoms with Gasteiger partial charge < -0.3 is 20.9 Å². The lowest BCUT2D eigenvalue weighted by Gasteiger charge is -2.28. The number of rotatable bonds is 7. The van der Waals surface area contributed by atoms with E-state index in [1.165, 1.54) is 0 Å². The van der Waals surface area contributed by atoms with Crippen molar-refractivity contribution < 1.29 is 14.3 Å². The minimum absolute atomic E-state index is 0.281. The quantitative estimate of drug-likeness (QED) is 0.784. The van der Waals surface area contributed by atoms with E-state index in [0.717, 1.165) is 10.0 Å². The molecular weight excluding hydrogens is 336 g/mol. The largest absolute Gasteiger partial charge is 0.496 e. The first kappa shape index (κ1) is 17.8. The summed E-state index contributed by atoms with van der Waals surface area (Å²) in [4.78, 5) is 11.1. The van der Waals surface area contributed by atoms with E-state index in [0.29, 0.717) is 17.9 Å². The van der Waals surface area contributed by atoms with E-state index in [-0.39, 0.29) is 23.8 Å². The minimum atomic E-state index is -0.326. The summed E-state index contributed by atoms with van der Waals surface area (Å²) in [6.07, 6.45) is 0.897. The van der Waals surface area contributed by atoms with Crippen molar-refractivity contribution in [3.63, 3.8) is 0 Å². The predicted molar refractivity (Wildman–Crippen MR) is 86.4 cm³/mol. The lowest BCUT2D eigenvalue weighted by Crippen LogP contribution is -2.27. The Labute approximate surface area is 134 Å². The number of methoxy groups -OCH3 is 2. The highest BCUT2D eigenvalue weighted by Gasteiger charge is 2.26. The third kappa shape index (κ3) is 4.89. The number of hydrogen-bond donors (Lipinski definition) is 2. The molecule has 0 aliphatic rings. The first-order valence-corrected chi connectivity index (χ1v) is 7.45. The molecule has 21 heavy (non-hydrogen) atoms. The van der Waals surface area contributed by atoms with Crippen LogP contribution in [0.4, 0.5) is 0 Å². The normalized spacial score (nSPS) is 12.9. The molecule has 1 unspecified atom stereocenters. The van der Waals surface area contributed by atoms with Crippen LogP contribution in [0.15, 0.2) is 16.6 Å². The molecule has 4 N–H and O–H groups in total. The van der Waals surface area contributed by atoms with Gasteiger partial charge in [0.1, 0.15) is 11.5 Å². The average Bonchev–Trinajstić information content (AvgIpc) is 2.35. The van der Waals surface area contributed by atoms with Gasteiger partial charge in [0.15, 0.2) is 0 Å². The molecule has 6 heteroatoms. The van der Waals surface area contributed by atoms with E-state index in [4.69, 9.17) is 20.9 Å². The summed E-state index contributed by atoms with van der Waals surface area (Å²) in [5, 5.41) is 0. The third-order valence-corrected chi connectivity index (χ3v) is 3.95. The minimum Gasteiger partial charge on any atom is -0.496 e. The van der Waals surface area contributed by atoms with Crippen LogP contribution in [0, 0.1) is 5.41 Å². The topological polar surface area (TPSA) is 87.6 Å². The molecule has 1 aromatic carbocycles. The summed E-state index contributed by atoms with van der Waals surface area (Å²) in [6, 6.07) is 3.40. The monoisotopic (exact) mass is 358 g/mol. The number of ether oxygens (including phenoxy) is 2. The molecule has 0 saturated carbocycles. The van der Waals surface area contributed by atoms with E-state index in [1.54, 1.807) is 14.2 Å². The Bertz CT molecular complexity index is 518. The second kappa shape index (κ2) is 7.13. The van der Waals surface area contributed by atoms with Crippen LogP contribution in [-0.4, -0.2) is 20.1 Å². The van der Waals surface area contributed by atoms with Gasteiger partial charge in [0, 0.05) is 18.0 Å². The van der Waals surface area contributed by atoms with Crippen molar-refractivity contribution >= 4 is 21.8 Å². The van der Waals surface area contributed by atoms with E-state index >= 15 is 0 Å².